The van der Waals surface area contributed by atoms with E-state index < -0.39 is 36.0 Å². The Balaban J connectivity index is 1.51. The van der Waals surface area contributed by atoms with E-state index in [-0.39, 0.29) is 18.4 Å². The molecule has 4 aromatic rings. The molecule has 0 saturated carbocycles. The van der Waals surface area contributed by atoms with Gasteiger partial charge in [-0.1, -0.05) is 37.3 Å². The summed E-state index contributed by atoms with van der Waals surface area (Å²) in [5.74, 6) is -4.00. The van der Waals surface area contributed by atoms with Crippen molar-refractivity contribution in [1.82, 2.24) is 4.98 Å². The van der Waals surface area contributed by atoms with E-state index in [0.29, 0.717) is 16.3 Å². The zero-order valence-electron chi connectivity index (χ0n) is 18.7. The van der Waals surface area contributed by atoms with Crippen molar-refractivity contribution < 1.29 is 31.1 Å². The van der Waals surface area contributed by atoms with E-state index in [1.54, 1.807) is 24.3 Å². The molecule has 0 atom stereocenters. The largest absolute Gasteiger partial charge is 0.478 e. The summed E-state index contributed by atoms with van der Waals surface area (Å²) in [5, 5.41) is 1.10. The van der Waals surface area contributed by atoms with Gasteiger partial charge in [0.25, 0.3) is 0 Å². The smallest absolute Gasteiger partial charge is 0.422 e. The number of aryl methyl sites for hydroxylation is 3. The number of nitrogens with zero attached hydrogens (tertiary/aromatic N) is 1. The number of rotatable bonds is 7. The molecule has 182 valence electrons. The minimum atomic E-state index is -4.72. The minimum absolute atomic E-state index is 0.0849. The zero-order valence-corrected chi connectivity index (χ0v) is 18.7. The third-order valence-corrected chi connectivity index (χ3v) is 5.68. The standard InChI is InChI=1S/C27H21F6NO/c1-2-16-4-10-24(34-14-16)20-8-9-21-19(13-20)7-6-18(25(21)30)5-3-17-11-22(28)26(23(29)12-17)35-15-27(31,32)33/h4,6-14H,2-3,5,15H2,1H3. The van der Waals surface area contributed by atoms with Crippen molar-refractivity contribution in [1.29, 1.82) is 0 Å². The molecule has 0 unspecified atom stereocenters. The summed E-state index contributed by atoms with van der Waals surface area (Å²) in [6.07, 6.45) is -1.80. The van der Waals surface area contributed by atoms with E-state index in [1.807, 2.05) is 31.3 Å². The maximum Gasteiger partial charge on any atom is 0.422 e. The maximum atomic E-state index is 15.1. The van der Waals surface area contributed by atoms with Crippen molar-refractivity contribution in [3.63, 3.8) is 0 Å². The lowest BCUT2D eigenvalue weighted by molar-refractivity contribution is -0.154. The monoisotopic (exact) mass is 489 g/mol. The van der Waals surface area contributed by atoms with Crippen LogP contribution in [0.15, 0.2) is 60.8 Å². The van der Waals surface area contributed by atoms with Gasteiger partial charge in [0.05, 0.1) is 5.69 Å². The van der Waals surface area contributed by atoms with Crippen LogP contribution in [0.1, 0.15) is 23.6 Å². The van der Waals surface area contributed by atoms with Gasteiger partial charge in [0, 0.05) is 17.1 Å². The van der Waals surface area contributed by atoms with Gasteiger partial charge in [0.15, 0.2) is 24.0 Å². The van der Waals surface area contributed by atoms with Crippen LogP contribution in [0.2, 0.25) is 0 Å². The number of halogens is 6. The summed E-state index contributed by atoms with van der Waals surface area (Å²) < 4.78 is 84.4. The zero-order chi connectivity index (χ0) is 25.2. The lowest BCUT2D eigenvalue weighted by Gasteiger charge is -2.12. The summed E-state index contributed by atoms with van der Waals surface area (Å²) in [4.78, 5) is 4.45. The molecule has 0 aliphatic heterocycles. The second kappa shape index (κ2) is 9.98. The van der Waals surface area contributed by atoms with Crippen LogP contribution in [0.25, 0.3) is 22.0 Å². The Labute approximate surface area is 198 Å². The molecule has 0 bridgehead atoms. The second-order valence-electron chi connectivity index (χ2n) is 8.17. The Hall–Kier alpha value is -3.55. The highest BCUT2D eigenvalue weighted by molar-refractivity contribution is 5.88. The van der Waals surface area contributed by atoms with Crippen molar-refractivity contribution >= 4 is 10.8 Å². The quantitative estimate of drug-likeness (QED) is 0.249. The number of hydrogen-bond donors (Lipinski definition) is 0. The van der Waals surface area contributed by atoms with Gasteiger partial charge >= 0.3 is 6.18 Å². The molecular weight excluding hydrogens is 468 g/mol. The molecule has 0 N–H and O–H groups in total. The number of pyridine rings is 1. The minimum Gasteiger partial charge on any atom is -0.478 e. The molecule has 1 aromatic heterocycles. The Morgan fingerprint density at radius 1 is 0.829 bits per heavy atom. The molecule has 4 rings (SSSR count). The van der Waals surface area contributed by atoms with E-state index >= 15 is 4.39 Å². The van der Waals surface area contributed by atoms with Crippen molar-refractivity contribution in [3.8, 4) is 17.0 Å². The van der Waals surface area contributed by atoms with Gasteiger partial charge in [-0.25, -0.2) is 13.2 Å². The predicted molar refractivity (Wildman–Crippen MR) is 122 cm³/mol. The van der Waals surface area contributed by atoms with Gasteiger partial charge in [-0.05, 0) is 65.6 Å². The number of fused-ring (bicyclic) bond motifs is 1. The van der Waals surface area contributed by atoms with Gasteiger partial charge in [0.1, 0.15) is 5.82 Å². The van der Waals surface area contributed by atoms with Crippen LogP contribution in [0.3, 0.4) is 0 Å². The average molecular weight is 489 g/mol. The first-order chi connectivity index (χ1) is 16.6. The van der Waals surface area contributed by atoms with Crippen molar-refractivity contribution in [2.75, 3.05) is 6.61 Å². The Bertz CT molecular complexity index is 1330. The van der Waals surface area contributed by atoms with E-state index in [2.05, 4.69) is 9.72 Å². The van der Waals surface area contributed by atoms with Crippen LogP contribution in [0.5, 0.6) is 5.75 Å². The molecule has 3 aromatic carbocycles. The lowest BCUT2D eigenvalue weighted by atomic mass is 9.98. The SMILES string of the molecule is CCc1ccc(-c2ccc3c(F)c(CCc4cc(F)c(OCC(F)(F)F)c(F)c4)ccc3c2)nc1. The first-order valence-corrected chi connectivity index (χ1v) is 11.0. The number of alkyl halides is 3. The molecule has 1 heterocycles. The van der Waals surface area contributed by atoms with E-state index in [0.717, 1.165) is 35.4 Å². The summed E-state index contributed by atoms with van der Waals surface area (Å²) in [6.45, 7) is 0.243. The Kier molecular flexibility index (Phi) is 7.00. The van der Waals surface area contributed by atoms with Gasteiger partial charge in [-0.15, -0.1) is 0 Å². The highest BCUT2D eigenvalue weighted by atomic mass is 19.4. The van der Waals surface area contributed by atoms with Crippen LogP contribution in [-0.4, -0.2) is 17.8 Å². The van der Waals surface area contributed by atoms with E-state index in [9.17, 15) is 22.0 Å². The van der Waals surface area contributed by atoms with Crippen LogP contribution in [-0.2, 0) is 19.3 Å². The highest BCUT2D eigenvalue weighted by Gasteiger charge is 2.29. The first kappa shape index (κ1) is 24.6. The van der Waals surface area contributed by atoms with Crippen LogP contribution in [0.4, 0.5) is 26.3 Å². The molecule has 35 heavy (non-hydrogen) atoms. The third-order valence-electron chi connectivity index (χ3n) is 5.68. The van der Waals surface area contributed by atoms with Crippen molar-refractivity contribution in [3.05, 3.63) is 94.9 Å². The average Bonchev–Trinajstić information content (AvgIpc) is 2.82. The molecule has 8 heteroatoms. The molecule has 0 fully saturated rings. The molecule has 0 aliphatic carbocycles. The van der Waals surface area contributed by atoms with Crippen LogP contribution in [0, 0.1) is 17.5 Å². The van der Waals surface area contributed by atoms with Gasteiger partial charge in [0.2, 0.25) is 0 Å². The molecule has 0 aliphatic rings. The van der Waals surface area contributed by atoms with E-state index in [1.165, 1.54) is 0 Å². The number of hydrogen-bond acceptors (Lipinski definition) is 2. The summed E-state index contributed by atoms with van der Waals surface area (Å²) in [6, 6.07) is 14.4. The first-order valence-electron chi connectivity index (χ1n) is 11.0. The molecule has 0 radical (unpaired) electrons. The lowest BCUT2D eigenvalue weighted by Crippen LogP contribution is -2.20. The Morgan fingerprint density at radius 3 is 2.20 bits per heavy atom. The maximum absolute atomic E-state index is 15.1. The van der Waals surface area contributed by atoms with Crippen LogP contribution < -0.4 is 4.74 Å². The van der Waals surface area contributed by atoms with E-state index in [4.69, 9.17) is 0 Å². The van der Waals surface area contributed by atoms with Gasteiger partial charge in [-0.2, -0.15) is 13.2 Å². The second-order valence-corrected chi connectivity index (χ2v) is 8.17. The fourth-order valence-electron chi connectivity index (χ4n) is 3.82. The Morgan fingerprint density at radius 2 is 1.57 bits per heavy atom. The molecule has 0 saturated heterocycles. The van der Waals surface area contributed by atoms with Gasteiger partial charge in [-0.3, -0.25) is 4.98 Å². The summed E-state index contributed by atoms with van der Waals surface area (Å²) >= 11 is 0. The normalized spacial score (nSPS) is 11.7. The topological polar surface area (TPSA) is 22.1 Å². The summed E-state index contributed by atoms with van der Waals surface area (Å²) in [7, 11) is 0. The number of ether oxygens (including phenoxy) is 1. The number of benzene rings is 3. The predicted octanol–water partition coefficient (Wildman–Crippen LogP) is 7.61. The summed E-state index contributed by atoms with van der Waals surface area (Å²) in [5.41, 5.74) is 3.28. The fourth-order valence-corrected chi connectivity index (χ4v) is 3.82. The highest BCUT2D eigenvalue weighted by Crippen LogP contribution is 2.29. The third kappa shape index (κ3) is 5.75. The molecule has 0 amide bonds. The van der Waals surface area contributed by atoms with Crippen molar-refractivity contribution in [2.24, 2.45) is 0 Å². The van der Waals surface area contributed by atoms with Crippen LogP contribution >= 0.6 is 0 Å². The van der Waals surface area contributed by atoms with Crippen molar-refractivity contribution in [2.45, 2.75) is 32.4 Å². The fraction of sp³-hybridized carbons (Fsp3) is 0.222. The van der Waals surface area contributed by atoms with Gasteiger partial charge < -0.3 is 4.74 Å². The molecular formula is C27H21F6NO. The molecule has 0 spiro atoms. The number of aromatic nitrogens is 1. The molecule has 2 nitrogen and oxygen atoms in total.